The summed E-state index contributed by atoms with van der Waals surface area (Å²) in [4.78, 5) is 6.35. The standard InChI is InChI=1S/C11H17N3O/c1-15-9-4-3-7-14(8-9)10-5-2-6-13-11(10)12/h2,5-6,9H,3-4,7-8H2,1H3,(H2,12,13). The van der Waals surface area contributed by atoms with Gasteiger partial charge in [-0.1, -0.05) is 0 Å². The van der Waals surface area contributed by atoms with Crippen LogP contribution in [0, 0.1) is 0 Å². The van der Waals surface area contributed by atoms with Crippen LogP contribution in [-0.4, -0.2) is 31.3 Å². The minimum Gasteiger partial charge on any atom is -0.382 e. The lowest BCUT2D eigenvalue weighted by molar-refractivity contribution is 0.0893. The van der Waals surface area contributed by atoms with E-state index in [9.17, 15) is 0 Å². The van der Waals surface area contributed by atoms with Gasteiger partial charge in [0.2, 0.25) is 0 Å². The zero-order valence-electron chi connectivity index (χ0n) is 9.02. The zero-order chi connectivity index (χ0) is 10.7. The van der Waals surface area contributed by atoms with Crippen molar-refractivity contribution < 1.29 is 4.74 Å². The maximum absolute atomic E-state index is 5.84. The van der Waals surface area contributed by atoms with Gasteiger partial charge in [-0.25, -0.2) is 4.98 Å². The van der Waals surface area contributed by atoms with Gasteiger partial charge in [0.15, 0.2) is 0 Å². The highest BCUT2D eigenvalue weighted by Gasteiger charge is 2.20. The Kier molecular flexibility index (Phi) is 3.06. The largest absolute Gasteiger partial charge is 0.382 e. The van der Waals surface area contributed by atoms with E-state index in [4.69, 9.17) is 10.5 Å². The average molecular weight is 207 g/mol. The zero-order valence-corrected chi connectivity index (χ0v) is 9.02. The molecule has 1 aromatic rings. The molecule has 0 radical (unpaired) electrons. The van der Waals surface area contributed by atoms with Gasteiger partial charge in [0.1, 0.15) is 5.82 Å². The summed E-state index contributed by atoms with van der Waals surface area (Å²) in [6.45, 7) is 1.95. The molecule has 2 heterocycles. The van der Waals surface area contributed by atoms with Gasteiger partial charge in [0, 0.05) is 26.4 Å². The van der Waals surface area contributed by atoms with E-state index in [1.807, 2.05) is 12.1 Å². The molecule has 1 unspecified atom stereocenters. The molecule has 0 bridgehead atoms. The first-order chi connectivity index (χ1) is 7.31. The van der Waals surface area contributed by atoms with Crippen LogP contribution in [-0.2, 0) is 4.74 Å². The molecule has 1 aliphatic rings. The number of ether oxygens (including phenoxy) is 1. The van der Waals surface area contributed by atoms with Gasteiger partial charge >= 0.3 is 0 Å². The molecule has 1 atom stereocenters. The highest BCUT2D eigenvalue weighted by molar-refractivity contribution is 5.63. The van der Waals surface area contributed by atoms with Crippen molar-refractivity contribution in [1.82, 2.24) is 4.98 Å². The molecule has 2 rings (SSSR count). The molecule has 1 fully saturated rings. The Morgan fingerprint density at radius 2 is 2.47 bits per heavy atom. The third kappa shape index (κ3) is 2.21. The van der Waals surface area contributed by atoms with Crippen molar-refractivity contribution in [2.45, 2.75) is 18.9 Å². The Morgan fingerprint density at radius 1 is 1.60 bits per heavy atom. The number of aromatic nitrogens is 1. The minimum absolute atomic E-state index is 0.318. The van der Waals surface area contributed by atoms with Crippen LogP contribution < -0.4 is 10.6 Å². The number of hydrogen-bond donors (Lipinski definition) is 1. The number of anilines is 2. The van der Waals surface area contributed by atoms with E-state index < -0.39 is 0 Å². The van der Waals surface area contributed by atoms with Gasteiger partial charge in [0.25, 0.3) is 0 Å². The van der Waals surface area contributed by atoms with Crippen molar-refractivity contribution in [3.8, 4) is 0 Å². The number of nitrogen functional groups attached to an aromatic ring is 1. The number of pyridine rings is 1. The normalized spacial score (nSPS) is 21.7. The molecule has 0 aliphatic carbocycles. The van der Waals surface area contributed by atoms with Crippen LogP contribution in [0.2, 0.25) is 0 Å². The number of piperidine rings is 1. The quantitative estimate of drug-likeness (QED) is 0.793. The van der Waals surface area contributed by atoms with E-state index in [0.29, 0.717) is 11.9 Å². The molecule has 1 aromatic heterocycles. The maximum atomic E-state index is 5.84. The smallest absolute Gasteiger partial charge is 0.146 e. The predicted octanol–water partition coefficient (Wildman–Crippen LogP) is 1.28. The second kappa shape index (κ2) is 4.49. The Bertz CT molecular complexity index is 329. The number of hydrogen-bond acceptors (Lipinski definition) is 4. The second-order valence-corrected chi connectivity index (χ2v) is 3.85. The van der Waals surface area contributed by atoms with Crippen LogP contribution in [0.15, 0.2) is 18.3 Å². The van der Waals surface area contributed by atoms with Crippen molar-refractivity contribution in [2.75, 3.05) is 30.8 Å². The summed E-state index contributed by atoms with van der Waals surface area (Å²) >= 11 is 0. The fourth-order valence-electron chi connectivity index (χ4n) is 2.03. The SMILES string of the molecule is COC1CCCN(c2cccnc2N)C1. The van der Waals surface area contributed by atoms with Crippen molar-refractivity contribution in [3.05, 3.63) is 18.3 Å². The first-order valence-corrected chi connectivity index (χ1v) is 5.29. The van der Waals surface area contributed by atoms with Gasteiger partial charge < -0.3 is 15.4 Å². The Balaban J connectivity index is 2.13. The molecule has 82 valence electrons. The van der Waals surface area contributed by atoms with Gasteiger partial charge in [0.05, 0.1) is 11.8 Å². The van der Waals surface area contributed by atoms with E-state index in [-0.39, 0.29) is 0 Å². The second-order valence-electron chi connectivity index (χ2n) is 3.85. The van der Waals surface area contributed by atoms with Gasteiger partial charge in [-0.2, -0.15) is 0 Å². The summed E-state index contributed by atoms with van der Waals surface area (Å²) in [5.74, 6) is 0.606. The fraction of sp³-hybridized carbons (Fsp3) is 0.545. The Labute approximate surface area is 90.0 Å². The molecular weight excluding hydrogens is 190 g/mol. The van der Waals surface area contributed by atoms with E-state index >= 15 is 0 Å². The number of nitrogens with two attached hydrogens (primary N) is 1. The summed E-state index contributed by atoms with van der Waals surface area (Å²) < 4.78 is 5.38. The minimum atomic E-state index is 0.318. The molecule has 0 saturated carbocycles. The molecular formula is C11H17N3O. The molecule has 4 nitrogen and oxygen atoms in total. The lowest BCUT2D eigenvalue weighted by Crippen LogP contribution is -2.39. The van der Waals surface area contributed by atoms with Gasteiger partial charge in [-0.3, -0.25) is 0 Å². The molecule has 2 N–H and O–H groups in total. The summed E-state index contributed by atoms with van der Waals surface area (Å²) in [6.07, 6.45) is 4.31. The number of nitrogens with zero attached hydrogens (tertiary/aromatic N) is 2. The lowest BCUT2D eigenvalue weighted by Gasteiger charge is -2.33. The molecule has 1 saturated heterocycles. The summed E-state index contributed by atoms with van der Waals surface area (Å²) in [7, 11) is 1.76. The summed E-state index contributed by atoms with van der Waals surface area (Å²) in [5, 5.41) is 0. The van der Waals surface area contributed by atoms with Crippen molar-refractivity contribution >= 4 is 11.5 Å². The number of methoxy groups -OCH3 is 1. The monoisotopic (exact) mass is 207 g/mol. The molecule has 0 spiro atoms. The van der Waals surface area contributed by atoms with Crippen LogP contribution >= 0.6 is 0 Å². The van der Waals surface area contributed by atoms with Crippen LogP contribution in [0.3, 0.4) is 0 Å². The molecule has 0 aromatic carbocycles. The summed E-state index contributed by atoms with van der Waals surface area (Å²) in [6, 6.07) is 3.93. The van der Waals surface area contributed by atoms with Crippen LogP contribution in [0.5, 0.6) is 0 Å². The van der Waals surface area contributed by atoms with E-state index in [1.54, 1.807) is 13.3 Å². The highest BCUT2D eigenvalue weighted by Crippen LogP contribution is 2.24. The first-order valence-electron chi connectivity index (χ1n) is 5.29. The van der Waals surface area contributed by atoms with Crippen molar-refractivity contribution in [2.24, 2.45) is 0 Å². The lowest BCUT2D eigenvalue weighted by atomic mass is 10.1. The van der Waals surface area contributed by atoms with Crippen molar-refractivity contribution in [3.63, 3.8) is 0 Å². The molecule has 15 heavy (non-hydrogen) atoms. The van der Waals surface area contributed by atoms with E-state index in [0.717, 1.165) is 31.6 Å². The molecule has 0 amide bonds. The Morgan fingerprint density at radius 3 is 3.20 bits per heavy atom. The van der Waals surface area contributed by atoms with Crippen LogP contribution in [0.25, 0.3) is 0 Å². The fourth-order valence-corrected chi connectivity index (χ4v) is 2.03. The van der Waals surface area contributed by atoms with Crippen LogP contribution in [0.1, 0.15) is 12.8 Å². The predicted molar refractivity (Wildman–Crippen MR) is 60.9 cm³/mol. The van der Waals surface area contributed by atoms with Crippen molar-refractivity contribution in [1.29, 1.82) is 0 Å². The van der Waals surface area contributed by atoms with Gasteiger partial charge in [-0.05, 0) is 25.0 Å². The van der Waals surface area contributed by atoms with E-state index in [2.05, 4.69) is 9.88 Å². The third-order valence-corrected chi connectivity index (χ3v) is 2.87. The maximum Gasteiger partial charge on any atom is 0.146 e. The highest BCUT2D eigenvalue weighted by atomic mass is 16.5. The topological polar surface area (TPSA) is 51.4 Å². The molecule has 4 heteroatoms. The van der Waals surface area contributed by atoms with Crippen LogP contribution in [0.4, 0.5) is 11.5 Å². The third-order valence-electron chi connectivity index (χ3n) is 2.87. The Hall–Kier alpha value is -1.29. The van der Waals surface area contributed by atoms with Gasteiger partial charge in [-0.15, -0.1) is 0 Å². The average Bonchev–Trinajstić information content (AvgIpc) is 2.30. The number of rotatable bonds is 2. The first kappa shape index (κ1) is 10.2. The van der Waals surface area contributed by atoms with E-state index in [1.165, 1.54) is 0 Å². The molecule has 1 aliphatic heterocycles. The summed E-state index contributed by atoms with van der Waals surface area (Å²) in [5.41, 5.74) is 6.87.